The molecule has 2 aliphatic heterocycles. The van der Waals surface area contributed by atoms with Gasteiger partial charge >= 0.3 is 0 Å². The Morgan fingerprint density at radius 3 is 2.23 bits per heavy atom. The highest BCUT2D eigenvalue weighted by Gasteiger charge is 2.34. The Morgan fingerprint density at radius 1 is 1.03 bits per heavy atom. The van der Waals surface area contributed by atoms with Crippen molar-refractivity contribution < 1.29 is 14.4 Å². The van der Waals surface area contributed by atoms with Crippen molar-refractivity contribution in [1.29, 1.82) is 0 Å². The number of carbonyl (C=O) groups is 3. The number of aromatic nitrogens is 1. The lowest BCUT2D eigenvalue weighted by Gasteiger charge is -2.34. The van der Waals surface area contributed by atoms with Crippen molar-refractivity contribution in [3.63, 3.8) is 0 Å². The molecule has 8 heteroatoms. The zero-order chi connectivity index (χ0) is 21.3. The van der Waals surface area contributed by atoms with Gasteiger partial charge in [-0.15, -0.1) is 11.3 Å². The molecule has 1 saturated heterocycles. The fraction of sp³-hybridized carbons (Fsp3) is 0.455. The maximum atomic E-state index is 12.6. The summed E-state index contributed by atoms with van der Waals surface area (Å²) in [5.41, 5.74) is 2.01. The minimum absolute atomic E-state index is 0.0900. The van der Waals surface area contributed by atoms with Crippen molar-refractivity contribution in [3.8, 4) is 0 Å². The van der Waals surface area contributed by atoms with Gasteiger partial charge in [0, 0.05) is 44.0 Å². The Morgan fingerprint density at radius 2 is 1.67 bits per heavy atom. The topological polar surface area (TPSA) is 73.8 Å². The molecule has 0 aliphatic carbocycles. The summed E-state index contributed by atoms with van der Waals surface area (Å²) in [7, 11) is 0. The molecule has 1 aromatic carbocycles. The molecule has 158 valence electrons. The van der Waals surface area contributed by atoms with E-state index in [0.717, 1.165) is 30.3 Å². The van der Waals surface area contributed by atoms with Gasteiger partial charge < -0.3 is 4.90 Å². The van der Waals surface area contributed by atoms with E-state index in [-0.39, 0.29) is 24.3 Å². The van der Waals surface area contributed by atoms with Gasteiger partial charge in [0.1, 0.15) is 5.01 Å². The predicted molar refractivity (Wildman–Crippen MR) is 114 cm³/mol. The molecule has 1 fully saturated rings. The second kappa shape index (κ2) is 8.65. The molecule has 2 aromatic rings. The summed E-state index contributed by atoms with van der Waals surface area (Å²) >= 11 is 1.74. The number of carbonyl (C=O) groups excluding carboxylic acids is 3. The molecule has 1 aromatic heterocycles. The van der Waals surface area contributed by atoms with Gasteiger partial charge in [-0.3, -0.25) is 24.2 Å². The van der Waals surface area contributed by atoms with Crippen LogP contribution in [0.5, 0.6) is 0 Å². The standard InChI is InChI=1S/C22H26N4O3S/c1-15-16(2)30-19(23-15)14-24-10-12-25(13-11-24)20(27)8-5-9-26-21(28)17-6-3-4-7-18(17)22(26)29/h3-4,6-7H,5,8-14H2,1-2H3. The highest BCUT2D eigenvalue weighted by Crippen LogP contribution is 2.23. The second-order valence-electron chi connectivity index (χ2n) is 7.82. The molecule has 0 N–H and O–H groups in total. The normalized spacial score (nSPS) is 17.0. The molecule has 7 nitrogen and oxygen atoms in total. The number of fused-ring (bicyclic) bond motifs is 1. The fourth-order valence-corrected chi connectivity index (χ4v) is 4.92. The molecule has 0 bridgehead atoms. The minimum Gasteiger partial charge on any atom is -0.340 e. The monoisotopic (exact) mass is 426 g/mol. The number of imide groups is 1. The van der Waals surface area contributed by atoms with Gasteiger partial charge in [-0.1, -0.05) is 12.1 Å². The molecular weight excluding hydrogens is 400 g/mol. The van der Waals surface area contributed by atoms with Gasteiger partial charge in [-0.05, 0) is 32.4 Å². The van der Waals surface area contributed by atoms with Gasteiger partial charge in [0.25, 0.3) is 11.8 Å². The molecule has 0 atom stereocenters. The molecular formula is C22H26N4O3S. The summed E-state index contributed by atoms with van der Waals surface area (Å²) < 4.78 is 0. The van der Waals surface area contributed by atoms with Crippen molar-refractivity contribution in [2.45, 2.75) is 33.2 Å². The average Bonchev–Trinajstić information content (AvgIpc) is 3.19. The van der Waals surface area contributed by atoms with E-state index in [1.807, 2.05) is 11.8 Å². The number of nitrogens with zero attached hydrogens (tertiary/aromatic N) is 4. The summed E-state index contributed by atoms with van der Waals surface area (Å²) in [5.74, 6) is -0.430. The lowest BCUT2D eigenvalue weighted by molar-refractivity contribution is -0.133. The van der Waals surface area contributed by atoms with Crippen LogP contribution in [-0.4, -0.2) is 70.1 Å². The smallest absolute Gasteiger partial charge is 0.261 e. The summed E-state index contributed by atoms with van der Waals surface area (Å²) in [5, 5.41) is 1.13. The quantitative estimate of drug-likeness (QED) is 0.664. The molecule has 0 saturated carbocycles. The van der Waals surface area contributed by atoms with Gasteiger partial charge in [-0.2, -0.15) is 0 Å². The first kappa shape index (κ1) is 20.7. The van der Waals surface area contributed by atoms with E-state index in [2.05, 4.69) is 16.8 Å². The molecule has 30 heavy (non-hydrogen) atoms. The lowest BCUT2D eigenvalue weighted by Crippen LogP contribution is -2.48. The van der Waals surface area contributed by atoms with E-state index < -0.39 is 0 Å². The maximum absolute atomic E-state index is 12.6. The first-order chi connectivity index (χ1) is 14.4. The predicted octanol–water partition coefficient (Wildman–Crippen LogP) is 2.48. The molecule has 3 amide bonds. The minimum atomic E-state index is -0.260. The van der Waals surface area contributed by atoms with E-state index in [9.17, 15) is 14.4 Å². The van der Waals surface area contributed by atoms with E-state index >= 15 is 0 Å². The first-order valence-electron chi connectivity index (χ1n) is 10.3. The fourth-order valence-electron chi connectivity index (χ4n) is 3.94. The highest BCUT2D eigenvalue weighted by molar-refractivity contribution is 7.11. The summed E-state index contributed by atoms with van der Waals surface area (Å²) in [6.45, 7) is 8.32. The van der Waals surface area contributed by atoms with Crippen molar-refractivity contribution in [1.82, 2.24) is 19.7 Å². The number of amides is 3. The third-order valence-corrected chi connectivity index (χ3v) is 6.86. The highest BCUT2D eigenvalue weighted by atomic mass is 32.1. The Kier molecular flexibility index (Phi) is 5.97. The number of rotatable bonds is 6. The summed E-state index contributed by atoms with van der Waals surface area (Å²) in [6, 6.07) is 6.87. The largest absolute Gasteiger partial charge is 0.340 e. The number of benzene rings is 1. The Hall–Kier alpha value is -2.58. The molecule has 3 heterocycles. The molecule has 0 spiro atoms. The zero-order valence-electron chi connectivity index (χ0n) is 17.4. The summed E-state index contributed by atoms with van der Waals surface area (Å²) in [6.07, 6.45) is 0.834. The third-order valence-electron chi connectivity index (χ3n) is 5.81. The molecule has 2 aliphatic rings. The third kappa shape index (κ3) is 4.15. The van der Waals surface area contributed by atoms with Crippen molar-refractivity contribution in [2.24, 2.45) is 0 Å². The number of aryl methyl sites for hydroxylation is 2. The second-order valence-corrected chi connectivity index (χ2v) is 9.10. The van der Waals surface area contributed by atoms with Crippen LogP contribution in [0.25, 0.3) is 0 Å². The van der Waals surface area contributed by atoms with Crippen LogP contribution in [0, 0.1) is 13.8 Å². The SMILES string of the molecule is Cc1nc(CN2CCN(C(=O)CCCN3C(=O)c4ccccc4C3=O)CC2)sc1C. The van der Waals surface area contributed by atoms with Crippen LogP contribution in [0.15, 0.2) is 24.3 Å². The van der Waals surface area contributed by atoms with E-state index in [1.165, 1.54) is 9.78 Å². The Labute approximate surface area is 180 Å². The van der Waals surface area contributed by atoms with E-state index in [0.29, 0.717) is 37.1 Å². The van der Waals surface area contributed by atoms with Gasteiger partial charge in [0.05, 0.1) is 23.4 Å². The first-order valence-corrected chi connectivity index (χ1v) is 11.1. The Bertz CT molecular complexity index is 924. The van der Waals surface area contributed by atoms with Crippen LogP contribution >= 0.6 is 11.3 Å². The van der Waals surface area contributed by atoms with Crippen LogP contribution in [-0.2, 0) is 11.3 Å². The zero-order valence-corrected chi connectivity index (χ0v) is 18.2. The van der Waals surface area contributed by atoms with Crippen molar-refractivity contribution in [2.75, 3.05) is 32.7 Å². The number of piperazine rings is 1. The van der Waals surface area contributed by atoms with Crippen LogP contribution < -0.4 is 0 Å². The van der Waals surface area contributed by atoms with Crippen LogP contribution in [0.3, 0.4) is 0 Å². The molecule has 0 unspecified atom stereocenters. The van der Waals surface area contributed by atoms with Gasteiger partial charge in [0.2, 0.25) is 5.91 Å². The summed E-state index contributed by atoms with van der Waals surface area (Å²) in [4.78, 5) is 48.7. The number of thiazole rings is 1. The number of hydrogen-bond acceptors (Lipinski definition) is 6. The van der Waals surface area contributed by atoms with Crippen LogP contribution in [0.1, 0.15) is 49.1 Å². The number of hydrogen-bond donors (Lipinski definition) is 0. The van der Waals surface area contributed by atoms with Crippen molar-refractivity contribution >= 4 is 29.1 Å². The lowest BCUT2D eigenvalue weighted by atomic mass is 10.1. The van der Waals surface area contributed by atoms with Gasteiger partial charge in [-0.25, -0.2) is 4.98 Å². The van der Waals surface area contributed by atoms with Crippen LogP contribution in [0.4, 0.5) is 0 Å². The van der Waals surface area contributed by atoms with E-state index in [4.69, 9.17) is 0 Å². The van der Waals surface area contributed by atoms with Gasteiger partial charge in [0.15, 0.2) is 0 Å². The average molecular weight is 427 g/mol. The van der Waals surface area contributed by atoms with Crippen LogP contribution in [0.2, 0.25) is 0 Å². The molecule has 0 radical (unpaired) electrons. The van der Waals surface area contributed by atoms with E-state index in [1.54, 1.807) is 35.6 Å². The molecule has 4 rings (SSSR count). The maximum Gasteiger partial charge on any atom is 0.261 e. The Balaban J connectivity index is 1.21. The van der Waals surface area contributed by atoms with Crippen molar-refractivity contribution in [3.05, 3.63) is 51.0 Å².